The third kappa shape index (κ3) is 2.93. The van der Waals surface area contributed by atoms with E-state index in [1.165, 1.54) is 19.3 Å². The zero-order valence-electron chi connectivity index (χ0n) is 12.6. The second kappa shape index (κ2) is 5.51. The molecular formula is C16H26N2O. The summed E-state index contributed by atoms with van der Waals surface area (Å²) in [5.41, 5.74) is 2.32. The molecule has 0 aliphatic heterocycles. The van der Waals surface area contributed by atoms with E-state index in [0.29, 0.717) is 11.3 Å². The van der Waals surface area contributed by atoms with Crippen molar-refractivity contribution in [3.63, 3.8) is 0 Å². The zero-order chi connectivity index (χ0) is 14.0. The van der Waals surface area contributed by atoms with Gasteiger partial charge in [0.05, 0.1) is 0 Å². The van der Waals surface area contributed by atoms with Gasteiger partial charge in [-0.15, -0.1) is 0 Å². The molecule has 0 saturated heterocycles. The molecule has 0 aromatic heterocycles. The lowest BCUT2D eigenvalue weighted by molar-refractivity contribution is 0.0257. The molecule has 0 unspecified atom stereocenters. The van der Waals surface area contributed by atoms with Gasteiger partial charge in [0.1, 0.15) is 5.75 Å². The van der Waals surface area contributed by atoms with Crippen LogP contribution in [0, 0.1) is 6.92 Å². The van der Waals surface area contributed by atoms with Gasteiger partial charge in [-0.05, 0) is 52.9 Å². The van der Waals surface area contributed by atoms with Crippen molar-refractivity contribution in [2.24, 2.45) is 0 Å². The number of phenolic OH excluding ortho intramolecular Hbond substituents is 1. The van der Waals surface area contributed by atoms with Crippen molar-refractivity contribution in [3.05, 3.63) is 29.3 Å². The first-order valence-electron chi connectivity index (χ1n) is 7.08. The fraction of sp³-hybridized carbons (Fsp3) is 0.625. The van der Waals surface area contributed by atoms with Crippen molar-refractivity contribution in [1.29, 1.82) is 0 Å². The summed E-state index contributed by atoms with van der Waals surface area (Å²) in [4.78, 5) is 4.69. The van der Waals surface area contributed by atoms with Crippen molar-refractivity contribution >= 4 is 0 Å². The molecule has 1 fully saturated rings. The van der Waals surface area contributed by atoms with Gasteiger partial charge in [-0.3, -0.25) is 0 Å². The summed E-state index contributed by atoms with van der Waals surface area (Å²) in [5.74, 6) is 0.446. The molecule has 0 spiro atoms. The quantitative estimate of drug-likeness (QED) is 0.883. The molecule has 0 radical (unpaired) electrons. The van der Waals surface area contributed by atoms with Crippen molar-refractivity contribution < 1.29 is 5.11 Å². The molecule has 1 aliphatic carbocycles. The minimum absolute atomic E-state index is 0.341. The Kier molecular flexibility index (Phi) is 4.16. The molecule has 1 aliphatic rings. The molecule has 0 atom stereocenters. The van der Waals surface area contributed by atoms with Crippen LogP contribution in [0.15, 0.2) is 18.2 Å². The Balaban J connectivity index is 2.01. The lowest BCUT2D eigenvalue weighted by Crippen LogP contribution is -2.56. The van der Waals surface area contributed by atoms with E-state index in [9.17, 15) is 5.11 Å². The van der Waals surface area contributed by atoms with Gasteiger partial charge in [0.25, 0.3) is 0 Å². The first-order chi connectivity index (χ1) is 8.94. The molecule has 1 saturated carbocycles. The number of likely N-dealkylation sites (N-methyl/N-ethyl adjacent to an activating group) is 2. The Morgan fingerprint density at radius 2 is 1.89 bits per heavy atom. The number of benzene rings is 1. The summed E-state index contributed by atoms with van der Waals surface area (Å²) < 4.78 is 0. The summed E-state index contributed by atoms with van der Waals surface area (Å²) in [5, 5.41) is 10.1. The molecular weight excluding hydrogens is 236 g/mol. The van der Waals surface area contributed by atoms with E-state index in [2.05, 4.69) is 30.9 Å². The van der Waals surface area contributed by atoms with Crippen LogP contribution < -0.4 is 0 Å². The minimum Gasteiger partial charge on any atom is -0.507 e. The van der Waals surface area contributed by atoms with Gasteiger partial charge in [-0.1, -0.05) is 18.2 Å². The number of aryl methyl sites for hydroxylation is 1. The smallest absolute Gasteiger partial charge is 0.122 e. The van der Waals surface area contributed by atoms with E-state index in [0.717, 1.165) is 24.2 Å². The number of rotatable bonds is 5. The van der Waals surface area contributed by atoms with E-state index in [4.69, 9.17) is 0 Å². The van der Waals surface area contributed by atoms with Crippen LogP contribution in [0.4, 0.5) is 0 Å². The largest absolute Gasteiger partial charge is 0.507 e. The third-order valence-electron chi connectivity index (χ3n) is 4.56. The van der Waals surface area contributed by atoms with Gasteiger partial charge in [-0.2, -0.15) is 0 Å². The maximum Gasteiger partial charge on any atom is 0.122 e. The van der Waals surface area contributed by atoms with Crippen LogP contribution in [0.1, 0.15) is 30.4 Å². The van der Waals surface area contributed by atoms with Crippen LogP contribution in [0.3, 0.4) is 0 Å². The molecule has 3 nitrogen and oxygen atoms in total. The van der Waals surface area contributed by atoms with Crippen LogP contribution in [-0.2, 0) is 6.54 Å². The maximum absolute atomic E-state index is 10.1. The fourth-order valence-corrected chi connectivity index (χ4v) is 3.03. The molecule has 1 aromatic rings. The Hall–Kier alpha value is -1.06. The molecule has 19 heavy (non-hydrogen) atoms. The van der Waals surface area contributed by atoms with Gasteiger partial charge in [0.15, 0.2) is 0 Å². The second-order valence-electron chi connectivity index (χ2n) is 6.23. The van der Waals surface area contributed by atoms with E-state index >= 15 is 0 Å². The van der Waals surface area contributed by atoms with Gasteiger partial charge >= 0.3 is 0 Å². The number of para-hydroxylation sites is 1. The van der Waals surface area contributed by atoms with Crippen LogP contribution in [0.5, 0.6) is 5.75 Å². The van der Waals surface area contributed by atoms with E-state index in [1.807, 2.05) is 25.1 Å². The first kappa shape index (κ1) is 14.4. The number of nitrogens with zero attached hydrogens (tertiary/aromatic N) is 2. The van der Waals surface area contributed by atoms with E-state index in [1.54, 1.807) is 0 Å². The Bertz CT molecular complexity index is 438. The van der Waals surface area contributed by atoms with Gasteiger partial charge < -0.3 is 14.9 Å². The summed E-state index contributed by atoms with van der Waals surface area (Å²) in [6, 6.07) is 5.98. The third-order valence-corrected chi connectivity index (χ3v) is 4.56. The van der Waals surface area contributed by atoms with Crippen LogP contribution >= 0.6 is 0 Å². The summed E-state index contributed by atoms with van der Waals surface area (Å²) >= 11 is 0. The molecule has 1 aromatic carbocycles. The lowest BCUT2D eigenvalue weighted by atomic mass is 9.75. The Morgan fingerprint density at radius 1 is 1.21 bits per heavy atom. The molecule has 0 bridgehead atoms. The highest BCUT2D eigenvalue weighted by Gasteiger charge is 2.39. The second-order valence-corrected chi connectivity index (χ2v) is 6.23. The number of aromatic hydroxyl groups is 1. The van der Waals surface area contributed by atoms with E-state index in [-0.39, 0.29) is 0 Å². The number of hydrogen-bond donors (Lipinski definition) is 1. The topological polar surface area (TPSA) is 26.7 Å². The number of hydrogen-bond acceptors (Lipinski definition) is 3. The molecule has 1 N–H and O–H groups in total. The van der Waals surface area contributed by atoms with Crippen LogP contribution in [-0.4, -0.2) is 48.1 Å². The molecule has 2 rings (SSSR count). The summed E-state index contributed by atoms with van der Waals surface area (Å²) in [6.07, 6.45) is 3.90. The average molecular weight is 262 g/mol. The van der Waals surface area contributed by atoms with Crippen molar-refractivity contribution in [2.75, 3.05) is 27.7 Å². The summed E-state index contributed by atoms with van der Waals surface area (Å²) in [6.45, 7) is 3.82. The van der Waals surface area contributed by atoms with Crippen LogP contribution in [0.2, 0.25) is 0 Å². The van der Waals surface area contributed by atoms with Gasteiger partial charge in [0, 0.05) is 24.2 Å². The van der Waals surface area contributed by atoms with Crippen molar-refractivity contribution in [1.82, 2.24) is 9.80 Å². The highest BCUT2D eigenvalue weighted by molar-refractivity contribution is 5.39. The molecule has 106 valence electrons. The Labute approximate surface area is 116 Å². The minimum atomic E-state index is 0.341. The normalized spacial score (nSPS) is 17.8. The maximum atomic E-state index is 10.1. The molecule has 0 heterocycles. The highest BCUT2D eigenvalue weighted by atomic mass is 16.3. The first-order valence-corrected chi connectivity index (χ1v) is 7.08. The highest BCUT2D eigenvalue weighted by Crippen LogP contribution is 2.37. The standard InChI is InChI=1S/C16H26N2O/c1-13-7-5-8-14(15(13)19)11-18(4)12-16(17(2)3)9-6-10-16/h5,7-8,19H,6,9-12H2,1-4H3. The predicted octanol–water partition coefficient (Wildman–Crippen LogP) is 2.62. The predicted molar refractivity (Wildman–Crippen MR) is 79.4 cm³/mol. The average Bonchev–Trinajstić information content (AvgIpc) is 2.29. The van der Waals surface area contributed by atoms with Gasteiger partial charge in [-0.25, -0.2) is 0 Å². The van der Waals surface area contributed by atoms with Gasteiger partial charge in [0.2, 0.25) is 0 Å². The van der Waals surface area contributed by atoms with Crippen LogP contribution in [0.25, 0.3) is 0 Å². The fourth-order valence-electron chi connectivity index (χ4n) is 3.03. The monoisotopic (exact) mass is 262 g/mol. The summed E-state index contributed by atoms with van der Waals surface area (Å²) in [7, 11) is 6.50. The zero-order valence-corrected chi connectivity index (χ0v) is 12.6. The van der Waals surface area contributed by atoms with Crippen molar-refractivity contribution in [2.45, 2.75) is 38.3 Å². The van der Waals surface area contributed by atoms with Crippen molar-refractivity contribution in [3.8, 4) is 5.75 Å². The Morgan fingerprint density at radius 3 is 2.42 bits per heavy atom. The number of phenols is 1. The SMILES string of the molecule is Cc1cccc(CN(C)CC2(N(C)C)CCC2)c1O. The van der Waals surface area contributed by atoms with E-state index < -0.39 is 0 Å². The molecule has 0 amide bonds. The molecule has 3 heteroatoms. The lowest BCUT2D eigenvalue weighted by Gasteiger charge is -2.49.